The van der Waals surface area contributed by atoms with Crippen molar-refractivity contribution in [2.45, 2.75) is 38.5 Å². The lowest BCUT2D eigenvalue weighted by molar-refractivity contribution is 0.617. The molecule has 2 rings (SSSR count). The minimum Gasteiger partial charge on any atom is -0.275 e. The third-order valence-electron chi connectivity index (χ3n) is 3.00. The van der Waals surface area contributed by atoms with Crippen molar-refractivity contribution in [3.8, 4) is 0 Å². The van der Waals surface area contributed by atoms with Gasteiger partial charge in [-0.2, -0.15) is 5.10 Å². The summed E-state index contributed by atoms with van der Waals surface area (Å²) in [6.45, 7) is 7.93. The fraction of sp³-hybridized carbons (Fsp3) is 0.500. The molecule has 0 fully saturated rings. The predicted molar refractivity (Wildman–Crippen MR) is 80.2 cm³/mol. The molecule has 0 spiro atoms. The predicted octanol–water partition coefficient (Wildman–Crippen LogP) is 2.69. The van der Waals surface area contributed by atoms with E-state index in [-0.39, 0.29) is 10.8 Å². The second-order valence-corrected chi connectivity index (χ2v) is 7.80. The molecule has 0 amide bonds. The maximum absolute atomic E-state index is 12.2. The van der Waals surface area contributed by atoms with Gasteiger partial charge in [-0.3, -0.25) is 4.68 Å². The van der Waals surface area contributed by atoms with Gasteiger partial charge in [-0.1, -0.05) is 12.1 Å². The van der Waals surface area contributed by atoms with Crippen LogP contribution in [0.2, 0.25) is 0 Å². The number of hydrogen-bond donors (Lipinski definition) is 1. The number of aryl methyl sites for hydroxylation is 1. The van der Waals surface area contributed by atoms with Crippen molar-refractivity contribution in [2.75, 3.05) is 0 Å². The third-order valence-corrected chi connectivity index (χ3v) is 4.68. The van der Waals surface area contributed by atoms with Crippen molar-refractivity contribution >= 4 is 21.9 Å². The van der Waals surface area contributed by atoms with E-state index in [0.717, 1.165) is 16.5 Å². The van der Waals surface area contributed by atoms with Crippen molar-refractivity contribution in [1.29, 1.82) is 0 Å². The van der Waals surface area contributed by atoms with Gasteiger partial charge in [0.2, 0.25) is 0 Å². The summed E-state index contributed by atoms with van der Waals surface area (Å²) in [5.41, 5.74) is 2.10. The number of fused-ring (bicyclic) bond motifs is 1. The van der Waals surface area contributed by atoms with Crippen LogP contribution in [0.3, 0.4) is 0 Å². The second-order valence-electron chi connectivity index (χ2n) is 5.80. The van der Waals surface area contributed by atoms with Crippen molar-refractivity contribution < 1.29 is 4.21 Å². The summed E-state index contributed by atoms with van der Waals surface area (Å²) in [5.74, 6) is 0. The first-order valence-corrected chi connectivity index (χ1v) is 7.54. The van der Waals surface area contributed by atoms with E-state index in [1.807, 2.05) is 57.8 Å². The number of nitrogens with one attached hydrogen (secondary N) is 1. The standard InChI is InChI=1S/C14H21N3OS/c1-10(16-19(18)14(2,3)4)11-7-6-8-13-12(11)9-17(5)15-13/h6-10,16H,1-5H3/t10-,19+/m1/s1. The topological polar surface area (TPSA) is 46.9 Å². The van der Waals surface area contributed by atoms with E-state index in [4.69, 9.17) is 0 Å². The lowest BCUT2D eigenvalue weighted by Crippen LogP contribution is -2.34. The SMILES string of the molecule is C[C@@H](N[S@@](=O)C(C)(C)C)c1cccc2nn(C)cc12. The van der Waals surface area contributed by atoms with Gasteiger partial charge in [0, 0.05) is 24.7 Å². The molecule has 19 heavy (non-hydrogen) atoms. The van der Waals surface area contributed by atoms with Gasteiger partial charge in [0.25, 0.3) is 0 Å². The number of benzene rings is 1. The minimum absolute atomic E-state index is 0.0213. The van der Waals surface area contributed by atoms with Gasteiger partial charge in [-0.25, -0.2) is 8.93 Å². The molecule has 1 N–H and O–H groups in total. The molecular formula is C14H21N3OS. The van der Waals surface area contributed by atoms with E-state index in [9.17, 15) is 4.21 Å². The Morgan fingerprint density at radius 2 is 2.05 bits per heavy atom. The molecular weight excluding hydrogens is 258 g/mol. The van der Waals surface area contributed by atoms with Gasteiger partial charge in [0.1, 0.15) is 0 Å². The Morgan fingerprint density at radius 3 is 2.68 bits per heavy atom. The maximum Gasteiger partial charge on any atom is 0.0975 e. The van der Waals surface area contributed by atoms with Crippen LogP contribution in [0.25, 0.3) is 10.9 Å². The first-order valence-electron chi connectivity index (χ1n) is 6.39. The Bertz CT molecular complexity index is 613. The molecule has 0 aliphatic rings. The molecule has 0 saturated carbocycles. The first-order chi connectivity index (χ1) is 8.79. The molecule has 0 saturated heterocycles. The summed E-state index contributed by atoms with van der Waals surface area (Å²) in [6.07, 6.45) is 2.00. The van der Waals surface area contributed by atoms with Crippen molar-refractivity contribution in [1.82, 2.24) is 14.5 Å². The van der Waals surface area contributed by atoms with Crippen LogP contribution in [-0.4, -0.2) is 18.7 Å². The van der Waals surface area contributed by atoms with Gasteiger partial charge in [0.05, 0.1) is 21.2 Å². The van der Waals surface area contributed by atoms with Gasteiger partial charge < -0.3 is 0 Å². The lowest BCUT2D eigenvalue weighted by Gasteiger charge is -2.22. The fourth-order valence-corrected chi connectivity index (χ4v) is 2.76. The molecule has 5 heteroatoms. The number of aromatic nitrogens is 2. The van der Waals surface area contributed by atoms with Crippen LogP contribution in [0, 0.1) is 0 Å². The molecule has 1 aromatic carbocycles. The Balaban J connectivity index is 2.31. The first kappa shape index (κ1) is 14.2. The van der Waals surface area contributed by atoms with E-state index >= 15 is 0 Å². The number of hydrogen-bond acceptors (Lipinski definition) is 2. The molecule has 4 nitrogen and oxygen atoms in total. The quantitative estimate of drug-likeness (QED) is 0.939. The molecule has 0 radical (unpaired) electrons. The Hall–Kier alpha value is -1.20. The second kappa shape index (κ2) is 5.06. The zero-order chi connectivity index (χ0) is 14.2. The largest absolute Gasteiger partial charge is 0.275 e. The summed E-state index contributed by atoms with van der Waals surface area (Å²) in [6, 6.07) is 6.06. The van der Waals surface area contributed by atoms with E-state index < -0.39 is 11.0 Å². The van der Waals surface area contributed by atoms with Crippen molar-refractivity contribution in [2.24, 2.45) is 7.05 Å². The molecule has 0 aliphatic heterocycles. The normalized spacial score (nSPS) is 15.6. The van der Waals surface area contributed by atoms with Crippen molar-refractivity contribution in [3.05, 3.63) is 30.0 Å². The van der Waals surface area contributed by atoms with E-state index in [1.54, 1.807) is 0 Å². The highest BCUT2D eigenvalue weighted by Crippen LogP contribution is 2.24. The zero-order valence-corrected chi connectivity index (χ0v) is 12.9. The smallest absolute Gasteiger partial charge is 0.0975 e. The molecule has 0 bridgehead atoms. The summed E-state index contributed by atoms with van der Waals surface area (Å²) in [5, 5.41) is 5.50. The Labute approximate surface area is 116 Å². The summed E-state index contributed by atoms with van der Waals surface area (Å²) >= 11 is 0. The van der Waals surface area contributed by atoms with Gasteiger partial charge in [-0.05, 0) is 39.3 Å². The average molecular weight is 279 g/mol. The van der Waals surface area contributed by atoms with Crippen LogP contribution in [0.15, 0.2) is 24.4 Å². The molecule has 2 atom stereocenters. The van der Waals surface area contributed by atoms with Crippen LogP contribution in [0.5, 0.6) is 0 Å². The molecule has 0 unspecified atom stereocenters. The highest BCUT2D eigenvalue weighted by Gasteiger charge is 2.22. The fourth-order valence-electron chi connectivity index (χ4n) is 1.96. The van der Waals surface area contributed by atoms with Gasteiger partial charge in [0.15, 0.2) is 0 Å². The summed E-state index contributed by atoms with van der Waals surface area (Å²) < 4.78 is 16.9. The lowest BCUT2D eigenvalue weighted by atomic mass is 10.1. The van der Waals surface area contributed by atoms with E-state index in [1.165, 1.54) is 0 Å². The molecule has 2 aromatic rings. The van der Waals surface area contributed by atoms with Crippen LogP contribution in [-0.2, 0) is 18.0 Å². The van der Waals surface area contributed by atoms with Crippen LogP contribution in [0.1, 0.15) is 39.3 Å². The summed E-state index contributed by atoms with van der Waals surface area (Å²) in [4.78, 5) is 0. The highest BCUT2D eigenvalue weighted by atomic mass is 32.2. The molecule has 1 aromatic heterocycles. The molecule has 104 valence electrons. The van der Waals surface area contributed by atoms with Crippen LogP contribution < -0.4 is 4.72 Å². The highest BCUT2D eigenvalue weighted by molar-refractivity contribution is 7.84. The average Bonchev–Trinajstić information content (AvgIpc) is 2.67. The monoisotopic (exact) mass is 279 g/mol. The van der Waals surface area contributed by atoms with E-state index in [0.29, 0.717) is 0 Å². The van der Waals surface area contributed by atoms with Crippen molar-refractivity contribution in [3.63, 3.8) is 0 Å². The van der Waals surface area contributed by atoms with E-state index in [2.05, 4.69) is 15.9 Å². The summed E-state index contributed by atoms with van der Waals surface area (Å²) in [7, 11) is 0.831. The Morgan fingerprint density at radius 1 is 1.37 bits per heavy atom. The third kappa shape index (κ3) is 3.04. The van der Waals surface area contributed by atoms with Gasteiger partial charge >= 0.3 is 0 Å². The van der Waals surface area contributed by atoms with Gasteiger partial charge in [-0.15, -0.1) is 0 Å². The van der Waals surface area contributed by atoms with Crippen LogP contribution in [0.4, 0.5) is 0 Å². The number of rotatable bonds is 3. The maximum atomic E-state index is 12.2. The minimum atomic E-state index is -1.08. The zero-order valence-electron chi connectivity index (χ0n) is 12.1. The number of nitrogens with zero attached hydrogens (tertiary/aromatic N) is 2. The molecule has 0 aliphatic carbocycles. The van der Waals surface area contributed by atoms with Crippen LogP contribution >= 0.6 is 0 Å². The molecule has 1 heterocycles. The Kier molecular flexibility index (Phi) is 3.78.